The number of carbonyl (C=O) groups excluding carboxylic acids is 1. The lowest BCUT2D eigenvalue weighted by molar-refractivity contribution is 0.126. The highest BCUT2D eigenvalue weighted by atomic mass is 35.5. The van der Waals surface area contributed by atoms with E-state index >= 15 is 0 Å². The molecule has 8 nitrogen and oxygen atoms in total. The molecule has 2 amide bonds. The molecule has 1 N–H and O–H groups in total. The second kappa shape index (κ2) is 11.5. The Morgan fingerprint density at radius 1 is 1.05 bits per heavy atom. The molecule has 9 heteroatoms. The Bertz CT molecular complexity index is 1340. The first-order valence-electron chi connectivity index (χ1n) is 13.3. The molecule has 204 valence electrons. The quantitative estimate of drug-likeness (QED) is 0.282. The number of rotatable bonds is 5. The summed E-state index contributed by atoms with van der Waals surface area (Å²) in [6.07, 6.45) is 6.49. The van der Waals surface area contributed by atoms with Gasteiger partial charge in [0.15, 0.2) is 0 Å². The van der Waals surface area contributed by atoms with Crippen LogP contribution in [0.15, 0.2) is 60.9 Å². The summed E-state index contributed by atoms with van der Waals surface area (Å²) in [4.78, 5) is 35.7. The van der Waals surface area contributed by atoms with Crippen LogP contribution in [0.25, 0.3) is 0 Å². The Labute approximate surface area is 233 Å². The van der Waals surface area contributed by atoms with Crippen LogP contribution in [0.2, 0.25) is 5.02 Å². The third kappa shape index (κ3) is 5.81. The summed E-state index contributed by atoms with van der Waals surface area (Å²) >= 11 is 6.42. The summed E-state index contributed by atoms with van der Waals surface area (Å²) in [5.41, 5.74) is 4.89. The van der Waals surface area contributed by atoms with E-state index in [0.717, 1.165) is 73.3 Å². The molecule has 0 spiro atoms. The molecule has 0 saturated carbocycles. The number of anilines is 2. The van der Waals surface area contributed by atoms with E-state index in [1.807, 2.05) is 48.2 Å². The number of aromatic nitrogens is 1. The molecular formula is C30H33ClN4O4. The largest absolute Gasteiger partial charge is 0.511 e. The minimum atomic E-state index is -1.35. The monoisotopic (exact) mass is 548 g/mol. The van der Waals surface area contributed by atoms with Crippen molar-refractivity contribution in [3.63, 3.8) is 0 Å². The third-order valence-corrected chi connectivity index (χ3v) is 8.28. The van der Waals surface area contributed by atoms with E-state index in [4.69, 9.17) is 16.3 Å². The zero-order valence-corrected chi connectivity index (χ0v) is 23.0. The van der Waals surface area contributed by atoms with Gasteiger partial charge in [0.2, 0.25) is 0 Å². The average molecular weight is 549 g/mol. The summed E-state index contributed by atoms with van der Waals surface area (Å²) < 4.78 is 4.99. The van der Waals surface area contributed by atoms with Gasteiger partial charge in [-0.05, 0) is 92.1 Å². The number of fused-ring (bicyclic) bond motifs is 1. The van der Waals surface area contributed by atoms with Gasteiger partial charge < -0.3 is 19.6 Å². The highest BCUT2D eigenvalue weighted by Crippen LogP contribution is 2.40. The van der Waals surface area contributed by atoms with E-state index < -0.39 is 6.16 Å². The summed E-state index contributed by atoms with van der Waals surface area (Å²) in [5.74, 6) is 0.270. The number of benzene rings is 2. The number of hydrogen-bond donors (Lipinski definition) is 1. The SMILES string of the molecule is Cc1ccc(N(C)C(=O)N(C2CCN(c3ccncc3)CC2)C2CCCc3ccc(OC(=O)O)cc32)cc1Cl. The molecule has 0 bridgehead atoms. The van der Waals surface area contributed by atoms with Crippen molar-refractivity contribution in [1.29, 1.82) is 0 Å². The van der Waals surface area contributed by atoms with Crippen molar-refractivity contribution < 1.29 is 19.4 Å². The molecule has 5 rings (SSSR count). The number of urea groups is 1. The van der Waals surface area contributed by atoms with Gasteiger partial charge in [-0.25, -0.2) is 9.59 Å². The van der Waals surface area contributed by atoms with Crippen molar-refractivity contribution >= 4 is 35.2 Å². The van der Waals surface area contributed by atoms with Crippen LogP contribution in [0.1, 0.15) is 48.4 Å². The van der Waals surface area contributed by atoms with Crippen LogP contribution in [0.4, 0.5) is 21.0 Å². The number of ether oxygens (including phenoxy) is 1. The fraction of sp³-hybridized carbons (Fsp3) is 0.367. The van der Waals surface area contributed by atoms with Crippen molar-refractivity contribution in [2.45, 2.75) is 51.1 Å². The van der Waals surface area contributed by atoms with Crippen LogP contribution in [0.5, 0.6) is 5.75 Å². The molecule has 1 aliphatic heterocycles. The van der Waals surface area contributed by atoms with Gasteiger partial charge in [0.25, 0.3) is 0 Å². The van der Waals surface area contributed by atoms with E-state index in [9.17, 15) is 14.7 Å². The van der Waals surface area contributed by atoms with Gasteiger partial charge in [-0.1, -0.05) is 23.7 Å². The first-order valence-corrected chi connectivity index (χ1v) is 13.7. The lowest BCUT2D eigenvalue weighted by Crippen LogP contribution is -2.53. The molecule has 2 aromatic carbocycles. The van der Waals surface area contributed by atoms with Crippen LogP contribution >= 0.6 is 11.6 Å². The van der Waals surface area contributed by atoms with Crippen LogP contribution in [0.3, 0.4) is 0 Å². The molecule has 1 unspecified atom stereocenters. The molecule has 0 radical (unpaired) electrons. The van der Waals surface area contributed by atoms with Gasteiger partial charge in [0.05, 0.1) is 6.04 Å². The molecule has 1 aliphatic carbocycles. The molecule has 39 heavy (non-hydrogen) atoms. The number of halogens is 1. The fourth-order valence-corrected chi connectivity index (χ4v) is 5.96. The molecule has 1 saturated heterocycles. The van der Waals surface area contributed by atoms with Gasteiger partial charge in [0, 0.05) is 55.0 Å². The predicted molar refractivity (Wildman–Crippen MR) is 152 cm³/mol. The molecule has 2 aliphatic rings. The topological polar surface area (TPSA) is 86.2 Å². The van der Waals surface area contributed by atoms with E-state index in [1.54, 1.807) is 36.5 Å². The number of amides is 2. The highest BCUT2D eigenvalue weighted by molar-refractivity contribution is 6.31. The molecule has 2 heterocycles. The predicted octanol–water partition coefficient (Wildman–Crippen LogP) is 6.71. The van der Waals surface area contributed by atoms with Crippen LogP contribution < -0.4 is 14.5 Å². The van der Waals surface area contributed by atoms with Gasteiger partial charge in [-0.3, -0.25) is 9.88 Å². The Balaban J connectivity index is 1.48. The van der Waals surface area contributed by atoms with Gasteiger partial charge in [0.1, 0.15) is 5.75 Å². The maximum absolute atomic E-state index is 14.3. The molecule has 1 atom stereocenters. The number of hydrogen-bond acceptors (Lipinski definition) is 5. The Kier molecular flexibility index (Phi) is 7.93. The summed E-state index contributed by atoms with van der Waals surface area (Å²) in [6, 6.07) is 14.8. The zero-order valence-electron chi connectivity index (χ0n) is 22.2. The number of nitrogens with zero attached hydrogens (tertiary/aromatic N) is 4. The van der Waals surface area contributed by atoms with Crippen LogP contribution in [-0.4, -0.2) is 53.4 Å². The smallest absolute Gasteiger partial charge is 0.449 e. The van der Waals surface area contributed by atoms with E-state index in [0.29, 0.717) is 5.02 Å². The van der Waals surface area contributed by atoms with Crippen molar-refractivity contribution in [2.24, 2.45) is 0 Å². The van der Waals surface area contributed by atoms with E-state index in [2.05, 4.69) is 9.88 Å². The summed E-state index contributed by atoms with van der Waals surface area (Å²) in [6.45, 7) is 3.58. The molecule has 3 aromatic rings. The first-order chi connectivity index (χ1) is 18.8. The Hall–Kier alpha value is -3.78. The summed E-state index contributed by atoms with van der Waals surface area (Å²) in [7, 11) is 1.79. The number of aryl methyl sites for hydroxylation is 2. The maximum atomic E-state index is 14.3. The van der Waals surface area contributed by atoms with Crippen molar-refractivity contribution in [3.05, 3.63) is 82.6 Å². The Morgan fingerprint density at radius 2 is 1.79 bits per heavy atom. The Morgan fingerprint density at radius 3 is 2.49 bits per heavy atom. The summed E-state index contributed by atoms with van der Waals surface area (Å²) in [5, 5.41) is 9.80. The molecule has 1 aromatic heterocycles. The normalized spacial score (nSPS) is 17.3. The average Bonchev–Trinajstić information content (AvgIpc) is 2.95. The first kappa shape index (κ1) is 26.8. The van der Waals surface area contributed by atoms with Gasteiger partial charge >= 0.3 is 12.2 Å². The number of piperidine rings is 1. The highest BCUT2D eigenvalue weighted by Gasteiger charge is 2.38. The standard InChI is InChI=1S/C30H33ClN4O4/c1-20-6-8-24(18-27(20)31)33(2)29(36)35(23-12-16-34(17-13-23)22-10-14-32-15-11-22)28-5-3-4-21-7-9-25(19-26(21)28)39-30(37)38/h6-11,14-15,18-19,23,28H,3-5,12-13,16-17H2,1-2H3,(H,37,38). The van der Waals surface area contributed by atoms with Crippen molar-refractivity contribution in [3.8, 4) is 5.75 Å². The minimum absolute atomic E-state index is 0.0129. The lowest BCUT2D eigenvalue weighted by atomic mass is 9.85. The van der Waals surface area contributed by atoms with E-state index in [-0.39, 0.29) is 23.9 Å². The van der Waals surface area contributed by atoms with Crippen molar-refractivity contribution in [1.82, 2.24) is 9.88 Å². The third-order valence-electron chi connectivity index (χ3n) is 7.88. The number of carboxylic acid groups (broad SMARTS) is 1. The second-order valence-corrected chi connectivity index (χ2v) is 10.6. The van der Waals surface area contributed by atoms with E-state index in [1.165, 1.54) is 0 Å². The van der Waals surface area contributed by atoms with Crippen LogP contribution in [0, 0.1) is 6.92 Å². The number of pyridine rings is 1. The number of carbonyl (C=O) groups is 2. The van der Waals surface area contributed by atoms with Crippen LogP contribution in [-0.2, 0) is 6.42 Å². The maximum Gasteiger partial charge on any atom is 0.511 e. The fourth-order valence-electron chi connectivity index (χ4n) is 5.78. The second-order valence-electron chi connectivity index (χ2n) is 10.2. The van der Waals surface area contributed by atoms with Crippen molar-refractivity contribution in [2.75, 3.05) is 29.9 Å². The zero-order chi connectivity index (χ0) is 27.5. The van der Waals surface area contributed by atoms with Gasteiger partial charge in [-0.15, -0.1) is 0 Å². The lowest BCUT2D eigenvalue weighted by Gasteiger charge is -2.45. The van der Waals surface area contributed by atoms with Gasteiger partial charge in [-0.2, -0.15) is 0 Å². The minimum Gasteiger partial charge on any atom is -0.449 e. The molecular weight excluding hydrogens is 516 g/mol. The molecule has 1 fully saturated rings.